The quantitative estimate of drug-likeness (QED) is 0.590. The third-order valence-electron chi connectivity index (χ3n) is 5.20. The lowest BCUT2D eigenvalue weighted by molar-refractivity contribution is -0.132. The SMILES string of the molecule is O=C(Cc1ccc(-c2cccc(F)c2)cc1)N(Cc1ccncc1)C1C=CS(=O)(=O)C1. The zero-order chi connectivity index (χ0) is 21.8. The highest BCUT2D eigenvalue weighted by molar-refractivity contribution is 7.94. The van der Waals surface area contributed by atoms with Gasteiger partial charge in [-0.15, -0.1) is 0 Å². The summed E-state index contributed by atoms with van der Waals surface area (Å²) in [6, 6.07) is 16.8. The van der Waals surface area contributed by atoms with E-state index in [0.717, 1.165) is 22.3 Å². The lowest BCUT2D eigenvalue weighted by Gasteiger charge is -2.28. The molecule has 0 saturated carbocycles. The van der Waals surface area contributed by atoms with Crippen LogP contribution in [0.15, 0.2) is 84.5 Å². The van der Waals surface area contributed by atoms with Gasteiger partial charge < -0.3 is 4.90 Å². The van der Waals surface area contributed by atoms with E-state index in [2.05, 4.69) is 4.98 Å². The normalized spacial score (nSPS) is 16.9. The number of benzene rings is 2. The third kappa shape index (κ3) is 5.24. The lowest BCUT2D eigenvalue weighted by Crippen LogP contribution is -2.41. The smallest absolute Gasteiger partial charge is 0.227 e. The van der Waals surface area contributed by atoms with Crippen LogP contribution in [-0.2, 0) is 27.6 Å². The molecule has 0 radical (unpaired) electrons. The highest BCUT2D eigenvalue weighted by Crippen LogP contribution is 2.22. The van der Waals surface area contributed by atoms with Crippen molar-refractivity contribution in [2.45, 2.75) is 19.0 Å². The minimum Gasteiger partial charge on any atom is -0.331 e. The molecule has 1 unspecified atom stereocenters. The number of halogens is 1. The highest BCUT2D eigenvalue weighted by atomic mass is 32.2. The fourth-order valence-electron chi connectivity index (χ4n) is 3.59. The predicted octanol–water partition coefficient (Wildman–Crippen LogP) is 3.77. The minimum atomic E-state index is -3.30. The Morgan fingerprint density at radius 2 is 1.74 bits per heavy atom. The zero-order valence-electron chi connectivity index (χ0n) is 16.7. The summed E-state index contributed by atoms with van der Waals surface area (Å²) < 4.78 is 37.3. The van der Waals surface area contributed by atoms with Crippen LogP contribution in [0.1, 0.15) is 11.1 Å². The monoisotopic (exact) mass is 436 g/mol. The molecule has 1 atom stereocenters. The summed E-state index contributed by atoms with van der Waals surface area (Å²) in [5.74, 6) is -0.576. The van der Waals surface area contributed by atoms with Crippen LogP contribution in [0, 0.1) is 5.82 Å². The number of carbonyl (C=O) groups is 1. The van der Waals surface area contributed by atoms with Crippen LogP contribution in [-0.4, -0.2) is 36.0 Å². The Labute approximate surface area is 180 Å². The number of carbonyl (C=O) groups excluding carboxylic acids is 1. The number of sulfone groups is 1. The maximum absolute atomic E-state index is 13.5. The van der Waals surface area contributed by atoms with Gasteiger partial charge in [-0.25, -0.2) is 12.8 Å². The van der Waals surface area contributed by atoms with Crippen LogP contribution >= 0.6 is 0 Å². The Hall–Kier alpha value is -3.32. The van der Waals surface area contributed by atoms with Crippen molar-refractivity contribution >= 4 is 15.7 Å². The van der Waals surface area contributed by atoms with Gasteiger partial charge >= 0.3 is 0 Å². The molecule has 0 fully saturated rings. The first-order chi connectivity index (χ1) is 14.9. The molecule has 0 saturated heterocycles. The van der Waals surface area contributed by atoms with Crippen LogP contribution in [0.2, 0.25) is 0 Å². The van der Waals surface area contributed by atoms with E-state index in [9.17, 15) is 17.6 Å². The first-order valence-corrected chi connectivity index (χ1v) is 11.6. The summed E-state index contributed by atoms with van der Waals surface area (Å²) >= 11 is 0. The van der Waals surface area contributed by atoms with Gasteiger partial charge in [-0.3, -0.25) is 9.78 Å². The molecule has 158 valence electrons. The standard InChI is InChI=1S/C24H21FN2O3S/c25-22-3-1-2-21(15-22)20-6-4-18(5-7-20)14-24(28)27(16-19-8-11-26-12-9-19)23-10-13-31(29,30)17-23/h1-13,15,23H,14,16-17H2. The molecule has 1 aliphatic rings. The summed E-state index contributed by atoms with van der Waals surface area (Å²) in [5.41, 5.74) is 3.30. The van der Waals surface area contributed by atoms with Crippen molar-refractivity contribution in [1.29, 1.82) is 0 Å². The molecule has 1 aromatic heterocycles. The van der Waals surface area contributed by atoms with Crippen molar-refractivity contribution in [2.24, 2.45) is 0 Å². The molecule has 0 aliphatic carbocycles. The molecule has 0 N–H and O–H groups in total. The zero-order valence-corrected chi connectivity index (χ0v) is 17.5. The van der Waals surface area contributed by atoms with Crippen molar-refractivity contribution in [3.05, 3.63) is 101 Å². The summed E-state index contributed by atoms with van der Waals surface area (Å²) in [6.45, 7) is 0.299. The highest BCUT2D eigenvalue weighted by Gasteiger charge is 2.30. The third-order valence-corrected chi connectivity index (χ3v) is 6.58. The number of rotatable bonds is 6. The average Bonchev–Trinajstić information content (AvgIpc) is 3.12. The first kappa shape index (κ1) is 20.9. The van der Waals surface area contributed by atoms with E-state index in [0.29, 0.717) is 6.54 Å². The van der Waals surface area contributed by atoms with Gasteiger partial charge in [0.2, 0.25) is 5.91 Å². The molecule has 1 aliphatic heterocycles. The van der Waals surface area contributed by atoms with E-state index in [1.807, 2.05) is 30.3 Å². The summed E-state index contributed by atoms with van der Waals surface area (Å²) in [6.07, 6.45) is 5.00. The van der Waals surface area contributed by atoms with E-state index >= 15 is 0 Å². The fraction of sp³-hybridized carbons (Fsp3) is 0.167. The molecular weight excluding hydrogens is 415 g/mol. The second-order valence-electron chi connectivity index (χ2n) is 7.49. The number of aromatic nitrogens is 1. The molecule has 7 heteroatoms. The predicted molar refractivity (Wildman–Crippen MR) is 117 cm³/mol. The van der Waals surface area contributed by atoms with Crippen LogP contribution < -0.4 is 0 Å². The summed E-state index contributed by atoms with van der Waals surface area (Å²) in [7, 11) is -3.30. The maximum Gasteiger partial charge on any atom is 0.227 e. The van der Waals surface area contributed by atoms with Crippen LogP contribution in [0.3, 0.4) is 0 Å². The number of amides is 1. The molecule has 0 bridgehead atoms. The molecule has 1 amide bonds. The van der Waals surface area contributed by atoms with Crippen LogP contribution in [0.4, 0.5) is 4.39 Å². The largest absolute Gasteiger partial charge is 0.331 e. The number of hydrogen-bond acceptors (Lipinski definition) is 4. The van der Waals surface area contributed by atoms with E-state index < -0.39 is 15.9 Å². The van der Waals surface area contributed by atoms with Gasteiger partial charge in [0.1, 0.15) is 5.82 Å². The van der Waals surface area contributed by atoms with E-state index in [4.69, 9.17) is 0 Å². The van der Waals surface area contributed by atoms with Crippen molar-refractivity contribution in [2.75, 3.05) is 5.75 Å². The summed E-state index contributed by atoms with van der Waals surface area (Å²) in [4.78, 5) is 18.7. The van der Waals surface area contributed by atoms with Gasteiger partial charge in [-0.1, -0.05) is 36.4 Å². The molecule has 2 heterocycles. The van der Waals surface area contributed by atoms with E-state index in [1.165, 1.54) is 17.5 Å². The Kier molecular flexibility index (Phi) is 5.95. The van der Waals surface area contributed by atoms with Gasteiger partial charge in [0.15, 0.2) is 9.84 Å². The molecular formula is C24H21FN2O3S. The number of hydrogen-bond donors (Lipinski definition) is 0. The van der Waals surface area contributed by atoms with Crippen LogP contribution in [0.5, 0.6) is 0 Å². The van der Waals surface area contributed by atoms with Gasteiger partial charge in [0.05, 0.1) is 18.2 Å². The summed E-state index contributed by atoms with van der Waals surface area (Å²) in [5, 5.41) is 1.18. The van der Waals surface area contributed by atoms with Gasteiger partial charge in [0.25, 0.3) is 0 Å². The van der Waals surface area contributed by atoms with Gasteiger partial charge in [-0.05, 0) is 52.6 Å². The second-order valence-corrected chi connectivity index (χ2v) is 9.42. The first-order valence-electron chi connectivity index (χ1n) is 9.84. The fourth-order valence-corrected chi connectivity index (χ4v) is 4.89. The molecule has 3 aromatic rings. The Morgan fingerprint density at radius 3 is 2.39 bits per heavy atom. The molecule has 4 rings (SSSR count). The van der Waals surface area contributed by atoms with Crippen molar-refractivity contribution < 1.29 is 17.6 Å². The average molecular weight is 437 g/mol. The molecule has 2 aromatic carbocycles. The Balaban J connectivity index is 1.52. The van der Waals surface area contributed by atoms with Crippen molar-refractivity contribution in [1.82, 2.24) is 9.88 Å². The molecule has 5 nitrogen and oxygen atoms in total. The van der Waals surface area contributed by atoms with Gasteiger partial charge in [0, 0.05) is 24.3 Å². The van der Waals surface area contributed by atoms with Crippen molar-refractivity contribution in [3.8, 4) is 11.1 Å². The topological polar surface area (TPSA) is 67.3 Å². The second kappa shape index (κ2) is 8.81. The van der Waals surface area contributed by atoms with Crippen molar-refractivity contribution in [3.63, 3.8) is 0 Å². The van der Waals surface area contributed by atoms with Crippen LogP contribution in [0.25, 0.3) is 11.1 Å². The van der Waals surface area contributed by atoms with E-state index in [-0.39, 0.29) is 23.9 Å². The van der Waals surface area contributed by atoms with Gasteiger partial charge in [-0.2, -0.15) is 0 Å². The van der Waals surface area contributed by atoms with E-state index in [1.54, 1.807) is 41.6 Å². The minimum absolute atomic E-state index is 0.109. The maximum atomic E-state index is 13.5. The Morgan fingerprint density at radius 1 is 1.00 bits per heavy atom. The molecule has 31 heavy (non-hydrogen) atoms. The lowest BCUT2D eigenvalue weighted by atomic mass is 10.0. The molecule has 0 spiro atoms. The number of nitrogens with zero attached hydrogens (tertiary/aromatic N) is 2. The number of pyridine rings is 1. The Bertz CT molecular complexity index is 1210.